The highest BCUT2D eigenvalue weighted by Gasteiger charge is 2.26. The fraction of sp³-hybridized carbons (Fsp3) is 0.588. The van der Waals surface area contributed by atoms with Crippen LogP contribution in [-0.2, 0) is 14.8 Å². The zero-order valence-electron chi connectivity index (χ0n) is 14.1. The van der Waals surface area contributed by atoms with Crippen molar-refractivity contribution in [3.63, 3.8) is 0 Å². The van der Waals surface area contributed by atoms with E-state index in [0.717, 1.165) is 43.4 Å². The van der Waals surface area contributed by atoms with Gasteiger partial charge in [0.25, 0.3) is 0 Å². The molecule has 1 saturated heterocycles. The topological polar surface area (TPSA) is 66.5 Å². The molecule has 128 valence electrons. The van der Waals surface area contributed by atoms with Crippen molar-refractivity contribution in [3.05, 3.63) is 29.3 Å². The minimum absolute atomic E-state index is 0.135. The molecule has 2 rings (SSSR count). The predicted octanol–water partition coefficient (Wildman–Crippen LogP) is 2.37. The Morgan fingerprint density at radius 3 is 2.65 bits per heavy atom. The number of hydrogen-bond donors (Lipinski definition) is 1. The van der Waals surface area contributed by atoms with Crippen molar-refractivity contribution in [1.82, 2.24) is 9.62 Å². The van der Waals surface area contributed by atoms with Crippen LogP contribution in [0, 0.1) is 13.8 Å². The zero-order valence-corrected chi connectivity index (χ0v) is 14.9. The molecule has 0 aliphatic carbocycles. The van der Waals surface area contributed by atoms with Crippen LogP contribution in [0.1, 0.15) is 43.7 Å². The number of likely N-dealkylation sites (tertiary alicyclic amines) is 1. The summed E-state index contributed by atoms with van der Waals surface area (Å²) in [4.78, 5) is 14.4. The number of nitrogens with one attached hydrogen (secondary N) is 1. The molecule has 23 heavy (non-hydrogen) atoms. The minimum atomic E-state index is -3.65. The molecule has 1 fully saturated rings. The molecule has 1 aromatic carbocycles. The van der Waals surface area contributed by atoms with Crippen LogP contribution in [-0.4, -0.2) is 38.4 Å². The number of hydrogen-bond acceptors (Lipinski definition) is 3. The summed E-state index contributed by atoms with van der Waals surface area (Å²) in [5.41, 5.74) is 1.96. The molecule has 1 heterocycles. The lowest BCUT2D eigenvalue weighted by Gasteiger charge is -2.35. The number of amides is 1. The van der Waals surface area contributed by atoms with Crippen LogP contribution in [0.15, 0.2) is 23.1 Å². The molecule has 1 amide bonds. The van der Waals surface area contributed by atoms with Crippen LogP contribution in [0.2, 0.25) is 0 Å². The molecule has 0 bridgehead atoms. The maximum absolute atomic E-state index is 12.4. The monoisotopic (exact) mass is 338 g/mol. The fourth-order valence-corrected chi connectivity index (χ4v) is 4.04. The molecule has 1 N–H and O–H groups in total. The first kappa shape index (κ1) is 17.9. The number of aryl methyl sites for hydroxylation is 2. The molecule has 1 unspecified atom stereocenters. The van der Waals surface area contributed by atoms with Gasteiger partial charge in [-0.05, 0) is 62.8 Å². The van der Waals surface area contributed by atoms with Gasteiger partial charge in [-0.2, -0.15) is 0 Å². The van der Waals surface area contributed by atoms with Gasteiger partial charge in [-0.25, -0.2) is 13.1 Å². The second-order valence-electron chi connectivity index (χ2n) is 6.22. The Labute approximate surface area is 139 Å². The van der Waals surface area contributed by atoms with E-state index in [9.17, 15) is 13.2 Å². The van der Waals surface area contributed by atoms with Crippen LogP contribution in [0.3, 0.4) is 0 Å². The molecule has 1 atom stereocenters. The number of carbonyl (C=O) groups is 1. The van der Waals surface area contributed by atoms with Crippen LogP contribution in [0.5, 0.6) is 0 Å². The number of benzene rings is 1. The molecule has 0 aromatic heterocycles. The summed E-state index contributed by atoms with van der Waals surface area (Å²) in [6.45, 7) is 6.42. The molecule has 0 radical (unpaired) electrons. The summed E-state index contributed by atoms with van der Waals surface area (Å²) in [6, 6.07) is 5.23. The lowest BCUT2D eigenvalue weighted by molar-refractivity contribution is -0.133. The summed E-state index contributed by atoms with van der Waals surface area (Å²) in [6.07, 6.45) is 4.05. The first-order valence-electron chi connectivity index (χ1n) is 8.21. The first-order valence-corrected chi connectivity index (χ1v) is 9.70. The highest BCUT2D eigenvalue weighted by Crippen LogP contribution is 2.19. The van der Waals surface area contributed by atoms with Gasteiger partial charge in [0.05, 0.1) is 11.4 Å². The Hall–Kier alpha value is -1.40. The molecular formula is C17H26N2O3S. The Bertz CT molecular complexity index is 670. The Kier molecular flexibility index (Phi) is 5.81. The summed E-state index contributed by atoms with van der Waals surface area (Å²) in [5.74, 6) is -0.135. The summed E-state index contributed by atoms with van der Waals surface area (Å²) in [5, 5.41) is 0. The van der Waals surface area contributed by atoms with Gasteiger partial charge in [-0.3, -0.25) is 4.79 Å². The molecule has 6 heteroatoms. The second-order valence-corrected chi connectivity index (χ2v) is 7.98. The van der Waals surface area contributed by atoms with Crippen LogP contribution < -0.4 is 4.72 Å². The van der Waals surface area contributed by atoms with E-state index in [1.54, 1.807) is 18.2 Å². The van der Waals surface area contributed by atoms with Gasteiger partial charge < -0.3 is 4.90 Å². The third-order valence-corrected chi connectivity index (χ3v) is 6.02. The Morgan fingerprint density at radius 1 is 1.26 bits per heavy atom. The molecule has 0 spiro atoms. The minimum Gasteiger partial charge on any atom is -0.339 e. The van der Waals surface area contributed by atoms with Gasteiger partial charge in [0.15, 0.2) is 0 Å². The predicted molar refractivity (Wildman–Crippen MR) is 90.7 cm³/mol. The van der Waals surface area contributed by atoms with Crippen molar-refractivity contribution in [2.75, 3.05) is 13.1 Å². The first-order chi connectivity index (χ1) is 10.8. The second kappa shape index (κ2) is 7.45. The molecule has 5 nitrogen and oxygen atoms in total. The van der Waals surface area contributed by atoms with Crippen molar-refractivity contribution in [3.8, 4) is 0 Å². The van der Waals surface area contributed by atoms with Gasteiger partial charge >= 0.3 is 0 Å². The largest absolute Gasteiger partial charge is 0.339 e. The standard InChI is InChI=1S/C17H26N2O3S/c1-4-15-7-5-6-10-19(15)17(20)12-18-23(21,22)16-9-8-13(2)14(3)11-16/h8-9,11,15,18H,4-7,10,12H2,1-3H3. The highest BCUT2D eigenvalue weighted by molar-refractivity contribution is 7.89. The fourth-order valence-electron chi connectivity index (χ4n) is 2.98. The lowest BCUT2D eigenvalue weighted by atomic mass is 10.00. The van der Waals surface area contributed by atoms with E-state index in [2.05, 4.69) is 11.6 Å². The van der Waals surface area contributed by atoms with Gasteiger partial charge in [0.2, 0.25) is 15.9 Å². The number of rotatable bonds is 5. The SMILES string of the molecule is CCC1CCCCN1C(=O)CNS(=O)(=O)c1ccc(C)c(C)c1. The highest BCUT2D eigenvalue weighted by atomic mass is 32.2. The number of carbonyl (C=O) groups excluding carboxylic acids is 1. The third kappa shape index (κ3) is 4.32. The Balaban J connectivity index is 2.03. The van der Waals surface area contributed by atoms with Crippen LogP contribution in [0.4, 0.5) is 0 Å². The number of sulfonamides is 1. The van der Waals surface area contributed by atoms with Crippen molar-refractivity contribution >= 4 is 15.9 Å². The average Bonchev–Trinajstić information content (AvgIpc) is 2.55. The van der Waals surface area contributed by atoms with Crippen molar-refractivity contribution in [2.24, 2.45) is 0 Å². The Morgan fingerprint density at radius 2 is 2.00 bits per heavy atom. The summed E-state index contributed by atoms with van der Waals surface area (Å²) in [7, 11) is -3.65. The summed E-state index contributed by atoms with van der Waals surface area (Å²) >= 11 is 0. The average molecular weight is 338 g/mol. The number of piperidine rings is 1. The van der Waals surface area contributed by atoms with E-state index in [1.807, 2.05) is 18.7 Å². The smallest absolute Gasteiger partial charge is 0.241 e. The lowest BCUT2D eigenvalue weighted by Crippen LogP contribution is -2.47. The zero-order chi connectivity index (χ0) is 17.0. The maximum Gasteiger partial charge on any atom is 0.241 e. The van der Waals surface area contributed by atoms with Crippen LogP contribution in [0.25, 0.3) is 0 Å². The van der Waals surface area contributed by atoms with E-state index < -0.39 is 10.0 Å². The maximum atomic E-state index is 12.4. The van der Waals surface area contributed by atoms with Gasteiger partial charge in [0.1, 0.15) is 0 Å². The van der Waals surface area contributed by atoms with Crippen molar-refractivity contribution in [2.45, 2.75) is 57.4 Å². The normalized spacial score (nSPS) is 18.9. The molecular weight excluding hydrogens is 312 g/mol. The molecule has 1 aliphatic heterocycles. The van der Waals surface area contributed by atoms with Gasteiger partial charge in [-0.15, -0.1) is 0 Å². The summed E-state index contributed by atoms with van der Waals surface area (Å²) < 4.78 is 27.1. The molecule has 1 aromatic rings. The molecule has 0 saturated carbocycles. The van der Waals surface area contributed by atoms with E-state index in [4.69, 9.17) is 0 Å². The van der Waals surface area contributed by atoms with Crippen molar-refractivity contribution in [1.29, 1.82) is 0 Å². The third-order valence-electron chi connectivity index (χ3n) is 4.62. The van der Waals surface area contributed by atoms with E-state index in [-0.39, 0.29) is 23.4 Å². The number of nitrogens with zero attached hydrogens (tertiary/aromatic N) is 1. The van der Waals surface area contributed by atoms with E-state index >= 15 is 0 Å². The van der Waals surface area contributed by atoms with Crippen LogP contribution >= 0.6 is 0 Å². The van der Waals surface area contributed by atoms with Crippen molar-refractivity contribution < 1.29 is 13.2 Å². The quantitative estimate of drug-likeness (QED) is 0.896. The molecule has 1 aliphatic rings. The van der Waals surface area contributed by atoms with Gasteiger partial charge in [0, 0.05) is 12.6 Å². The van der Waals surface area contributed by atoms with Gasteiger partial charge in [-0.1, -0.05) is 13.0 Å². The van der Waals surface area contributed by atoms with E-state index in [0.29, 0.717) is 0 Å². The van der Waals surface area contributed by atoms with E-state index in [1.165, 1.54) is 0 Å².